The Morgan fingerprint density at radius 3 is 1.75 bits per heavy atom. The van der Waals surface area contributed by atoms with Crippen LogP contribution >= 0.6 is 0 Å². The first-order valence-electron chi connectivity index (χ1n) is 1.60. The number of nitrogens with two attached hydrogens (primary N) is 1. The highest BCUT2D eigenvalue weighted by atomic mass is 28.2. The zero-order valence-corrected chi connectivity index (χ0v) is 5.09. The van der Waals surface area contributed by atoms with Crippen LogP contribution in [-0.2, 0) is 13.7 Å². The average Bonchev–Trinajstić information content (AvgIpc) is 1.69. The molecule has 0 aliphatic carbocycles. The summed E-state index contributed by atoms with van der Waals surface area (Å²) in [7, 11) is -1.42. The lowest BCUT2D eigenvalue weighted by Gasteiger charge is -1.65. The molecule has 0 saturated carbocycles. The number of primary amides is 1. The Hall–Kier alpha value is -0.973. The van der Waals surface area contributed by atoms with Crippen LogP contribution < -0.4 is 5.73 Å². The lowest BCUT2D eigenvalue weighted by Crippen LogP contribution is -2.04. The second-order valence-corrected chi connectivity index (χ2v) is 0.856. The van der Waals surface area contributed by atoms with E-state index in [2.05, 4.69) is 12.3 Å². The van der Waals surface area contributed by atoms with E-state index in [0.717, 1.165) is 6.08 Å². The second kappa shape index (κ2) is 9.39. The molecule has 0 aliphatic rings. The first-order chi connectivity index (χ1) is 3.68. The third-order valence-electron chi connectivity index (χ3n) is 0.201. The minimum atomic E-state index is -1.42. The van der Waals surface area contributed by atoms with Gasteiger partial charge in [-0.05, 0) is 6.08 Å². The Labute approximate surface area is 48.3 Å². The Kier molecular flexibility index (Phi) is 11.9. The maximum Gasteiger partial charge on any atom is 0.549 e. The van der Waals surface area contributed by atoms with Crippen molar-refractivity contribution in [3.63, 3.8) is 0 Å². The largest absolute Gasteiger partial charge is 0.549 e. The summed E-state index contributed by atoms with van der Waals surface area (Å²) in [6.45, 7) is 3.09. The summed E-state index contributed by atoms with van der Waals surface area (Å²) in [6.07, 6.45) is 1.06. The molecule has 0 atom stereocenters. The predicted octanol–water partition coefficient (Wildman–Crippen LogP) is -0.961. The molecule has 8 heavy (non-hydrogen) atoms. The maximum atomic E-state index is 9.47. The van der Waals surface area contributed by atoms with E-state index < -0.39 is 15.2 Å². The molecule has 0 rings (SSSR count). The fourth-order valence-corrected chi connectivity index (χ4v) is 0. The molecule has 0 saturated heterocycles. The van der Waals surface area contributed by atoms with E-state index in [1.165, 1.54) is 0 Å². The van der Waals surface area contributed by atoms with Crippen LogP contribution in [0.4, 0.5) is 0 Å². The van der Waals surface area contributed by atoms with Gasteiger partial charge in [0.2, 0.25) is 5.91 Å². The van der Waals surface area contributed by atoms with Gasteiger partial charge in [-0.3, -0.25) is 13.7 Å². The molecule has 2 N–H and O–H groups in total. The highest BCUT2D eigenvalue weighted by Crippen LogP contribution is 1.48. The van der Waals surface area contributed by atoms with Crippen molar-refractivity contribution in [1.82, 2.24) is 0 Å². The molecule has 0 spiro atoms. The monoisotopic (exact) mass is 131 g/mol. The molecule has 0 radical (unpaired) electrons. The molecule has 0 bridgehead atoms. The predicted molar refractivity (Wildman–Crippen MR) is 26.5 cm³/mol. The Morgan fingerprint density at radius 2 is 1.75 bits per heavy atom. The Morgan fingerprint density at radius 1 is 1.62 bits per heavy atom. The molecule has 0 aromatic heterocycles. The van der Waals surface area contributed by atoms with Crippen molar-refractivity contribution < 1.29 is 13.7 Å². The van der Waals surface area contributed by atoms with Crippen molar-refractivity contribution in [1.29, 1.82) is 0 Å². The van der Waals surface area contributed by atoms with E-state index in [9.17, 15) is 4.79 Å². The number of carbonyl (C=O) groups is 1. The minimum Gasteiger partial charge on any atom is -0.366 e. The number of amides is 1. The standard InChI is InChI=1S/C3H5NO.O2Si/c1-2-3(4)5;1-3-2/h2H,1H2,(H2,4,5);. The smallest absolute Gasteiger partial charge is 0.366 e. The van der Waals surface area contributed by atoms with Gasteiger partial charge in [-0.25, -0.2) is 0 Å². The van der Waals surface area contributed by atoms with Crippen molar-refractivity contribution in [3.05, 3.63) is 12.7 Å². The molecule has 1 amide bonds. The number of hydrogen-bond donors (Lipinski definition) is 1. The van der Waals surface area contributed by atoms with Gasteiger partial charge < -0.3 is 5.73 Å². The SMILES string of the molecule is C=CC(N)=O.O=[Si]=O. The third kappa shape index (κ3) is 77.3. The summed E-state index contributed by atoms with van der Waals surface area (Å²) in [6, 6.07) is 0. The average molecular weight is 131 g/mol. The highest BCUT2D eigenvalue weighted by molar-refractivity contribution is 5.94. The molecule has 0 heterocycles. The molecule has 44 valence electrons. The maximum absolute atomic E-state index is 9.47. The number of rotatable bonds is 1. The van der Waals surface area contributed by atoms with Gasteiger partial charge in [0.15, 0.2) is 0 Å². The quantitative estimate of drug-likeness (QED) is 0.367. The van der Waals surface area contributed by atoms with E-state index in [1.54, 1.807) is 0 Å². The van der Waals surface area contributed by atoms with Crippen LogP contribution in [0.3, 0.4) is 0 Å². The van der Waals surface area contributed by atoms with Gasteiger partial charge in [0.05, 0.1) is 0 Å². The van der Waals surface area contributed by atoms with E-state index in [1.807, 2.05) is 0 Å². The topological polar surface area (TPSA) is 77.2 Å². The summed E-state index contributed by atoms with van der Waals surface area (Å²) in [4.78, 5) is 9.47. The van der Waals surface area contributed by atoms with Crippen LogP contribution in [-0.4, -0.2) is 15.2 Å². The van der Waals surface area contributed by atoms with Crippen molar-refractivity contribution in [3.8, 4) is 0 Å². The minimum absolute atomic E-state index is 0.481. The van der Waals surface area contributed by atoms with E-state index in [-0.39, 0.29) is 0 Å². The number of carbonyl (C=O) groups excluding carboxylic acids is 1. The summed E-state index contributed by atoms with van der Waals surface area (Å²) in [5.41, 5.74) is 4.53. The van der Waals surface area contributed by atoms with Crippen molar-refractivity contribution in [2.45, 2.75) is 0 Å². The molecule has 0 aromatic rings. The normalized spacial score (nSPS) is 5.00. The first kappa shape index (κ1) is 10.1. The molecule has 0 aromatic carbocycles. The lowest BCUT2D eigenvalue weighted by molar-refractivity contribution is -0.113. The van der Waals surface area contributed by atoms with Crippen molar-refractivity contribution in [2.24, 2.45) is 5.73 Å². The van der Waals surface area contributed by atoms with Crippen LogP contribution in [0.2, 0.25) is 0 Å². The van der Waals surface area contributed by atoms with E-state index in [4.69, 9.17) is 8.92 Å². The third-order valence-corrected chi connectivity index (χ3v) is 0.201. The Balaban J connectivity index is 0. The van der Waals surface area contributed by atoms with Gasteiger partial charge in [-0.2, -0.15) is 0 Å². The van der Waals surface area contributed by atoms with Crippen LogP contribution in [0.1, 0.15) is 0 Å². The fraction of sp³-hybridized carbons (Fsp3) is 0. The van der Waals surface area contributed by atoms with Gasteiger partial charge >= 0.3 is 9.29 Å². The van der Waals surface area contributed by atoms with E-state index in [0.29, 0.717) is 0 Å². The highest BCUT2D eigenvalue weighted by Gasteiger charge is 1.69. The molecule has 4 nitrogen and oxygen atoms in total. The van der Waals surface area contributed by atoms with Crippen LogP contribution in [0.25, 0.3) is 0 Å². The molecule has 5 heteroatoms. The second-order valence-electron chi connectivity index (χ2n) is 0.690. The fourth-order valence-electron chi connectivity index (χ4n) is 0. The van der Waals surface area contributed by atoms with Crippen molar-refractivity contribution >= 4 is 15.2 Å². The van der Waals surface area contributed by atoms with Crippen LogP contribution in [0, 0.1) is 0 Å². The van der Waals surface area contributed by atoms with Crippen molar-refractivity contribution in [2.75, 3.05) is 0 Å². The molecular weight excluding hydrogens is 126 g/mol. The molecule has 0 fully saturated rings. The van der Waals surface area contributed by atoms with Gasteiger partial charge in [0, 0.05) is 0 Å². The molecule has 0 aliphatic heterocycles. The summed E-state index contributed by atoms with van der Waals surface area (Å²) in [5, 5.41) is 0. The summed E-state index contributed by atoms with van der Waals surface area (Å²) in [5.74, 6) is -0.481. The van der Waals surface area contributed by atoms with Gasteiger partial charge in [-0.1, -0.05) is 6.58 Å². The van der Waals surface area contributed by atoms with Crippen LogP contribution in [0.5, 0.6) is 0 Å². The zero-order chi connectivity index (χ0) is 6.99. The van der Waals surface area contributed by atoms with Crippen LogP contribution in [0.15, 0.2) is 12.7 Å². The number of hydrogen-bond acceptors (Lipinski definition) is 3. The molecular formula is C3H5NO3Si. The molecule has 0 unspecified atom stereocenters. The zero-order valence-electron chi connectivity index (χ0n) is 4.09. The van der Waals surface area contributed by atoms with E-state index >= 15 is 0 Å². The van der Waals surface area contributed by atoms with Gasteiger partial charge in [0.1, 0.15) is 0 Å². The lowest BCUT2D eigenvalue weighted by atomic mass is 10.6. The Bertz CT molecular complexity index is 116. The summed E-state index contributed by atoms with van der Waals surface area (Å²) < 4.78 is 16.8. The van der Waals surface area contributed by atoms with Gasteiger partial charge in [0.25, 0.3) is 0 Å². The first-order valence-corrected chi connectivity index (χ1v) is 2.41. The summed E-state index contributed by atoms with van der Waals surface area (Å²) >= 11 is 0. The van der Waals surface area contributed by atoms with Gasteiger partial charge in [-0.15, -0.1) is 0 Å².